The van der Waals surface area contributed by atoms with Crippen LogP contribution in [0.5, 0.6) is 11.5 Å². The van der Waals surface area contributed by atoms with Crippen molar-refractivity contribution in [2.45, 2.75) is 25.8 Å². The predicted molar refractivity (Wildman–Crippen MR) is 138 cm³/mol. The standard InChI is InChI=1S/C29H28N2O5/c1-2-36-24-7-5-6-20(18-24)27(33)25-26(19-8-14-23(32)15-9-19)31(29(35)28(25)34)22-12-10-21(11-13-22)30-16-3-4-17-30/h5-15,18,26,32-33H,2-4,16-17H2,1H3/b27-25+. The molecule has 7 nitrogen and oxygen atoms in total. The van der Waals surface area contributed by atoms with E-state index in [0.29, 0.717) is 29.2 Å². The number of Topliss-reactive ketones (excluding diaryl/α,β-unsaturated/α-hetero) is 1. The summed E-state index contributed by atoms with van der Waals surface area (Å²) in [4.78, 5) is 30.4. The SMILES string of the molecule is CCOc1cccc(/C(O)=C2\C(=O)C(=O)N(c3ccc(N4CCCC4)cc3)C2c2ccc(O)cc2)c1. The number of nitrogens with zero attached hydrogens (tertiary/aromatic N) is 2. The summed E-state index contributed by atoms with van der Waals surface area (Å²) in [7, 11) is 0. The second-order valence-electron chi connectivity index (χ2n) is 8.93. The predicted octanol–water partition coefficient (Wildman–Crippen LogP) is 5.02. The molecule has 3 aromatic rings. The summed E-state index contributed by atoms with van der Waals surface area (Å²) >= 11 is 0. The molecular formula is C29H28N2O5. The number of hydrogen-bond acceptors (Lipinski definition) is 6. The Kier molecular flexibility index (Phi) is 6.38. The van der Waals surface area contributed by atoms with E-state index in [2.05, 4.69) is 4.90 Å². The number of ether oxygens (including phenoxy) is 1. The molecule has 0 aromatic heterocycles. The van der Waals surface area contributed by atoms with Crippen molar-refractivity contribution in [3.05, 3.63) is 89.5 Å². The quantitative estimate of drug-likeness (QED) is 0.290. The summed E-state index contributed by atoms with van der Waals surface area (Å²) in [6.45, 7) is 4.31. The van der Waals surface area contributed by atoms with E-state index in [9.17, 15) is 19.8 Å². The average Bonchev–Trinajstić information content (AvgIpc) is 3.52. The van der Waals surface area contributed by atoms with Gasteiger partial charge in [0, 0.05) is 30.0 Å². The van der Waals surface area contributed by atoms with E-state index in [4.69, 9.17) is 4.74 Å². The molecule has 2 aliphatic rings. The molecule has 7 heteroatoms. The van der Waals surface area contributed by atoms with Gasteiger partial charge in [0.05, 0.1) is 18.2 Å². The van der Waals surface area contributed by atoms with Crippen LogP contribution in [0.15, 0.2) is 78.4 Å². The molecule has 0 bridgehead atoms. The number of carbonyl (C=O) groups is 2. The molecule has 36 heavy (non-hydrogen) atoms. The van der Waals surface area contributed by atoms with Crippen LogP contribution in [0.4, 0.5) is 11.4 Å². The molecule has 0 aliphatic carbocycles. The number of benzene rings is 3. The van der Waals surface area contributed by atoms with Crippen LogP contribution in [0.2, 0.25) is 0 Å². The van der Waals surface area contributed by atoms with Gasteiger partial charge in [-0.15, -0.1) is 0 Å². The zero-order valence-corrected chi connectivity index (χ0v) is 20.1. The molecule has 1 atom stereocenters. The molecule has 2 saturated heterocycles. The number of phenols is 1. The van der Waals surface area contributed by atoms with Crippen molar-refractivity contribution in [3.8, 4) is 11.5 Å². The molecule has 1 unspecified atom stereocenters. The van der Waals surface area contributed by atoms with E-state index < -0.39 is 17.7 Å². The van der Waals surface area contributed by atoms with Crippen molar-refractivity contribution in [2.75, 3.05) is 29.5 Å². The van der Waals surface area contributed by atoms with Crippen molar-refractivity contribution in [2.24, 2.45) is 0 Å². The topological polar surface area (TPSA) is 90.3 Å². The monoisotopic (exact) mass is 484 g/mol. The van der Waals surface area contributed by atoms with Gasteiger partial charge in [-0.1, -0.05) is 24.3 Å². The third kappa shape index (κ3) is 4.28. The number of aliphatic hydroxyl groups excluding tert-OH is 1. The lowest BCUT2D eigenvalue weighted by Gasteiger charge is -2.26. The Hall–Kier alpha value is -4.26. The van der Waals surface area contributed by atoms with Crippen molar-refractivity contribution in [3.63, 3.8) is 0 Å². The lowest BCUT2D eigenvalue weighted by atomic mass is 9.95. The maximum Gasteiger partial charge on any atom is 0.300 e. The highest BCUT2D eigenvalue weighted by molar-refractivity contribution is 6.51. The maximum absolute atomic E-state index is 13.4. The van der Waals surface area contributed by atoms with Gasteiger partial charge in [0.15, 0.2) is 0 Å². The second-order valence-corrected chi connectivity index (χ2v) is 8.93. The Morgan fingerprint density at radius 3 is 2.28 bits per heavy atom. The normalized spacial score (nSPS) is 19.2. The summed E-state index contributed by atoms with van der Waals surface area (Å²) < 4.78 is 5.55. The third-order valence-electron chi connectivity index (χ3n) is 6.67. The lowest BCUT2D eigenvalue weighted by molar-refractivity contribution is -0.132. The first-order valence-corrected chi connectivity index (χ1v) is 12.2. The Labute approximate surface area is 209 Å². The highest BCUT2D eigenvalue weighted by atomic mass is 16.5. The molecule has 184 valence electrons. The van der Waals surface area contributed by atoms with Crippen LogP contribution in [0.25, 0.3) is 5.76 Å². The summed E-state index contributed by atoms with van der Waals surface area (Å²) in [5, 5.41) is 21.1. The summed E-state index contributed by atoms with van der Waals surface area (Å²) in [5.74, 6) is -1.14. The van der Waals surface area contributed by atoms with Crippen LogP contribution in [0.3, 0.4) is 0 Å². The minimum absolute atomic E-state index is 0.0112. The van der Waals surface area contributed by atoms with E-state index >= 15 is 0 Å². The lowest BCUT2D eigenvalue weighted by Crippen LogP contribution is -2.29. The van der Waals surface area contributed by atoms with E-state index in [1.165, 1.54) is 17.0 Å². The molecule has 0 radical (unpaired) electrons. The molecule has 2 fully saturated rings. The largest absolute Gasteiger partial charge is 0.508 e. The first kappa shape index (κ1) is 23.5. The molecule has 2 heterocycles. The first-order valence-electron chi connectivity index (χ1n) is 12.2. The number of amides is 1. The Morgan fingerprint density at radius 2 is 1.61 bits per heavy atom. The van der Waals surface area contributed by atoms with Crippen LogP contribution in [-0.4, -0.2) is 41.6 Å². The zero-order valence-electron chi connectivity index (χ0n) is 20.1. The fraction of sp³-hybridized carbons (Fsp3) is 0.241. The number of hydrogen-bond donors (Lipinski definition) is 2. The van der Waals surface area contributed by atoms with Crippen LogP contribution in [0, 0.1) is 0 Å². The van der Waals surface area contributed by atoms with Crippen LogP contribution in [0.1, 0.15) is 36.9 Å². The van der Waals surface area contributed by atoms with Gasteiger partial charge in [-0.25, -0.2) is 0 Å². The zero-order chi connectivity index (χ0) is 25.2. The highest BCUT2D eigenvalue weighted by Crippen LogP contribution is 2.43. The average molecular weight is 485 g/mol. The third-order valence-corrected chi connectivity index (χ3v) is 6.67. The van der Waals surface area contributed by atoms with Gasteiger partial charge in [0.25, 0.3) is 11.7 Å². The molecule has 0 saturated carbocycles. The molecule has 5 rings (SSSR count). The van der Waals surface area contributed by atoms with E-state index in [1.54, 1.807) is 36.4 Å². The second kappa shape index (κ2) is 9.77. The number of rotatable bonds is 6. The van der Waals surface area contributed by atoms with Gasteiger partial charge >= 0.3 is 0 Å². The summed E-state index contributed by atoms with van der Waals surface area (Å²) in [6.07, 6.45) is 2.31. The van der Waals surface area contributed by atoms with Gasteiger partial charge in [-0.3, -0.25) is 14.5 Å². The van der Waals surface area contributed by atoms with Crippen molar-refractivity contribution in [1.82, 2.24) is 0 Å². The summed E-state index contributed by atoms with van der Waals surface area (Å²) in [6, 6.07) is 19.8. The van der Waals surface area contributed by atoms with Gasteiger partial charge < -0.3 is 19.8 Å². The minimum atomic E-state index is -0.862. The Morgan fingerprint density at radius 1 is 0.944 bits per heavy atom. The van der Waals surface area contributed by atoms with Gasteiger partial charge in [0.1, 0.15) is 17.3 Å². The fourth-order valence-corrected chi connectivity index (χ4v) is 4.93. The Bertz CT molecular complexity index is 1310. The maximum atomic E-state index is 13.4. The number of anilines is 2. The van der Waals surface area contributed by atoms with E-state index in [-0.39, 0.29) is 17.1 Å². The molecule has 3 aromatic carbocycles. The fourth-order valence-electron chi connectivity index (χ4n) is 4.93. The van der Waals surface area contributed by atoms with Gasteiger partial charge in [0.2, 0.25) is 0 Å². The highest BCUT2D eigenvalue weighted by Gasteiger charge is 2.47. The number of phenolic OH excluding ortho intramolecular Hbond substituents is 1. The van der Waals surface area contributed by atoms with Gasteiger partial charge in [-0.05, 0) is 73.9 Å². The van der Waals surface area contributed by atoms with Crippen molar-refractivity contribution in [1.29, 1.82) is 0 Å². The van der Waals surface area contributed by atoms with Gasteiger partial charge in [-0.2, -0.15) is 0 Å². The number of aromatic hydroxyl groups is 1. The minimum Gasteiger partial charge on any atom is -0.508 e. The van der Waals surface area contributed by atoms with E-state index in [1.807, 2.05) is 31.2 Å². The summed E-state index contributed by atoms with van der Waals surface area (Å²) in [5.41, 5.74) is 2.59. The number of ketones is 1. The molecule has 2 aliphatic heterocycles. The molecule has 2 N–H and O–H groups in total. The van der Waals surface area contributed by atoms with Crippen LogP contribution in [-0.2, 0) is 9.59 Å². The van der Waals surface area contributed by atoms with Crippen LogP contribution < -0.4 is 14.5 Å². The van der Waals surface area contributed by atoms with Crippen molar-refractivity contribution < 1.29 is 24.5 Å². The van der Waals surface area contributed by atoms with E-state index in [0.717, 1.165) is 31.6 Å². The molecule has 1 amide bonds. The van der Waals surface area contributed by atoms with Crippen LogP contribution >= 0.6 is 0 Å². The molecular weight excluding hydrogens is 456 g/mol. The first-order chi connectivity index (χ1) is 17.5. The smallest absolute Gasteiger partial charge is 0.300 e. The Balaban J connectivity index is 1.61. The van der Waals surface area contributed by atoms with Crippen molar-refractivity contribution >= 4 is 28.8 Å². The number of aliphatic hydroxyl groups is 1. The molecule has 0 spiro atoms. The number of carbonyl (C=O) groups excluding carboxylic acids is 2.